The van der Waals surface area contributed by atoms with Crippen LogP contribution in [0.4, 0.5) is 13.2 Å². The molecule has 0 aromatic rings. The average molecular weight is 406 g/mol. The molecule has 144 valence electrons. The molecule has 0 spiro atoms. The summed E-state index contributed by atoms with van der Waals surface area (Å²) in [5, 5.41) is 0. The summed E-state index contributed by atoms with van der Waals surface area (Å²) >= 11 is 0. The summed E-state index contributed by atoms with van der Waals surface area (Å²) in [5.74, 6) is -1.86. The first-order valence-corrected chi connectivity index (χ1v) is 10.1. The molecule has 13 heteroatoms. The van der Waals surface area contributed by atoms with E-state index in [4.69, 9.17) is 0 Å². The van der Waals surface area contributed by atoms with Crippen LogP contribution in [0, 0.1) is 16.7 Å². The summed E-state index contributed by atoms with van der Waals surface area (Å²) in [5.41, 5.74) is -8.44. The van der Waals surface area contributed by atoms with Crippen LogP contribution in [0.25, 0.3) is 0 Å². The van der Waals surface area contributed by atoms with Crippen molar-refractivity contribution >= 4 is 31.9 Å². The van der Waals surface area contributed by atoms with Crippen LogP contribution in [0.3, 0.4) is 0 Å². The van der Waals surface area contributed by atoms with E-state index in [-0.39, 0.29) is 23.1 Å². The van der Waals surface area contributed by atoms with E-state index in [1.807, 2.05) is 0 Å². The van der Waals surface area contributed by atoms with Gasteiger partial charge in [0.2, 0.25) is 0 Å². The van der Waals surface area contributed by atoms with Gasteiger partial charge in [-0.1, -0.05) is 18.0 Å². The van der Waals surface area contributed by atoms with Crippen molar-refractivity contribution in [1.29, 1.82) is 0 Å². The Morgan fingerprint density at radius 3 is 2.12 bits per heavy atom. The topological polar surface area (TPSA) is 118 Å². The number of amides is 1. The van der Waals surface area contributed by atoms with Crippen molar-refractivity contribution < 1.29 is 39.6 Å². The molecule has 2 unspecified atom stereocenters. The minimum Gasteiger partial charge on any atom is -0.298 e. The highest BCUT2D eigenvalue weighted by molar-refractivity contribution is 8.04. The van der Waals surface area contributed by atoms with Gasteiger partial charge in [0.15, 0.2) is 0 Å². The van der Waals surface area contributed by atoms with Gasteiger partial charge in [0, 0.05) is 13.5 Å². The molecule has 0 radical (unpaired) electrons. The third kappa shape index (κ3) is 2.67. The number of nitrogens with one attached hydrogen (secondary N) is 1. The van der Waals surface area contributed by atoms with Crippen LogP contribution in [0.15, 0.2) is 0 Å². The van der Waals surface area contributed by atoms with E-state index < -0.39 is 48.3 Å². The van der Waals surface area contributed by atoms with Gasteiger partial charge in [-0.3, -0.25) is 9.59 Å². The van der Waals surface area contributed by atoms with E-state index >= 15 is 0 Å². The van der Waals surface area contributed by atoms with E-state index in [0.717, 1.165) is 0 Å². The zero-order chi connectivity index (χ0) is 19.6. The Morgan fingerprint density at radius 2 is 1.76 bits per heavy atom. The molecule has 0 aromatic carbocycles. The third-order valence-electron chi connectivity index (χ3n) is 5.43. The molecule has 2 atom stereocenters. The van der Waals surface area contributed by atoms with Crippen LogP contribution in [-0.2, 0) is 29.8 Å². The fourth-order valence-electron chi connectivity index (χ4n) is 3.80. The quantitative estimate of drug-likeness (QED) is 0.681. The van der Waals surface area contributed by atoms with Crippen LogP contribution in [0.5, 0.6) is 0 Å². The van der Waals surface area contributed by atoms with Gasteiger partial charge in [0.05, 0.1) is 0 Å². The number of nitrogens with zero attached hydrogens (tertiary/aromatic N) is 1. The van der Waals surface area contributed by atoms with E-state index in [0.29, 0.717) is 17.6 Å². The molecule has 2 saturated carbocycles. The van der Waals surface area contributed by atoms with Crippen LogP contribution in [-0.4, -0.2) is 45.4 Å². The number of rotatable bonds is 4. The summed E-state index contributed by atoms with van der Waals surface area (Å²) in [6, 6.07) is 0. The minimum atomic E-state index is -6.23. The number of carbonyl (C=O) groups excluding carboxylic acids is 2. The molecule has 2 bridgehead atoms. The Kier molecular flexibility index (Phi) is 4.34. The average Bonchev–Trinajstić information content (AvgIpc) is 2.78. The van der Waals surface area contributed by atoms with E-state index in [9.17, 15) is 39.6 Å². The summed E-state index contributed by atoms with van der Waals surface area (Å²) in [6.45, 7) is 3.24. The Labute approximate surface area is 143 Å². The van der Waals surface area contributed by atoms with Crippen molar-refractivity contribution in [2.75, 3.05) is 7.05 Å². The zero-order valence-electron chi connectivity index (χ0n) is 13.5. The predicted molar refractivity (Wildman–Crippen MR) is 78.4 cm³/mol. The van der Waals surface area contributed by atoms with Gasteiger partial charge < -0.3 is 0 Å². The Balaban J connectivity index is 2.39. The van der Waals surface area contributed by atoms with Gasteiger partial charge in [-0.25, -0.2) is 12.7 Å². The van der Waals surface area contributed by atoms with Gasteiger partial charge in [0.1, 0.15) is 11.2 Å². The van der Waals surface area contributed by atoms with Crippen molar-refractivity contribution in [3.05, 3.63) is 0 Å². The van der Waals surface area contributed by atoms with Crippen molar-refractivity contribution in [1.82, 2.24) is 8.43 Å². The van der Waals surface area contributed by atoms with Crippen LogP contribution < -0.4 is 4.13 Å². The summed E-state index contributed by atoms with van der Waals surface area (Å²) in [7, 11) is -11.0. The second-order valence-corrected chi connectivity index (χ2v) is 10.4. The molecule has 1 N–H and O–H groups in total. The second kappa shape index (κ2) is 5.39. The number of Topliss-reactive ketones (excluding diaryl/α,β-unsaturated/α-hetero) is 1. The van der Waals surface area contributed by atoms with Gasteiger partial charge in [-0.05, 0) is 24.2 Å². The first-order valence-electron chi connectivity index (χ1n) is 7.17. The van der Waals surface area contributed by atoms with E-state index in [2.05, 4.69) is 0 Å². The Bertz CT molecular complexity index is 833. The summed E-state index contributed by atoms with van der Waals surface area (Å²) < 4.78 is 83.6. The Morgan fingerprint density at radius 1 is 1.24 bits per heavy atom. The molecule has 2 fully saturated rings. The van der Waals surface area contributed by atoms with Crippen LogP contribution in [0.1, 0.15) is 33.1 Å². The molecular weight excluding hydrogens is 389 g/mol. The molecule has 0 heterocycles. The van der Waals surface area contributed by atoms with Crippen molar-refractivity contribution in [3.8, 4) is 0 Å². The monoisotopic (exact) mass is 406 g/mol. The highest BCUT2D eigenvalue weighted by Crippen LogP contribution is 2.64. The highest BCUT2D eigenvalue weighted by atomic mass is 32.3. The number of carbonyl (C=O) groups is 2. The third-order valence-corrected chi connectivity index (χ3v) is 8.64. The van der Waals surface area contributed by atoms with Crippen LogP contribution in [0.2, 0.25) is 0 Å². The number of ketones is 1. The lowest BCUT2D eigenvalue weighted by Gasteiger charge is -2.37. The molecule has 0 saturated heterocycles. The maximum atomic E-state index is 12.7. The molecule has 2 rings (SSSR count). The van der Waals surface area contributed by atoms with Gasteiger partial charge >= 0.3 is 25.7 Å². The normalized spacial score (nSPS) is 29.0. The standard InChI is InChI=1S/C12H17F3N2O6S2/c1-10(2)7-4-5-11(10,8(18)6-7)9(19)17(3)25(22,23)16-24(20,21)12(13,14)15/h7,16H,4-6H2,1-3H3. The number of fused-ring (bicyclic) bond motifs is 2. The van der Waals surface area contributed by atoms with Crippen LogP contribution >= 0.6 is 0 Å². The minimum absolute atomic E-state index is 0.0637. The lowest BCUT2D eigenvalue weighted by Crippen LogP contribution is -2.55. The second-order valence-electron chi connectivity index (χ2n) is 6.80. The van der Waals surface area contributed by atoms with Gasteiger partial charge in [-0.15, -0.1) is 0 Å². The van der Waals surface area contributed by atoms with Gasteiger partial charge in [0.25, 0.3) is 5.91 Å². The predicted octanol–water partition coefficient (Wildman–Crippen LogP) is 0.524. The van der Waals surface area contributed by atoms with E-state index in [1.54, 1.807) is 13.8 Å². The molecular formula is C12H17F3N2O6S2. The lowest BCUT2D eigenvalue weighted by molar-refractivity contribution is -0.148. The highest BCUT2D eigenvalue weighted by Gasteiger charge is 2.69. The molecule has 25 heavy (non-hydrogen) atoms. The molecule has 8 nitrogen and oxygen atoms in total. The first-order chi connectivity index (χ1) is 11.0. The number of hydrogen-bond acceptors (Lipinski definition) is 6. The molecule has 0 aliphatic heterocycles. The summed E-state index contributed by atoms with van der Waals surface area (Å²) in [4.78, 5) is 25.1. The van der Waals surface area contributed by atoms with Gasteiger partial charge in [-0.2, -0.15) is 21.6 Å². The molecule has 1 amide bonds. The molecule has 0 aromatic heterocycles. The number of halogens is 3. The lowest BCUT2D eigenvalue weighted by atomic mass is 9.68. The molecule has 2 aliphatic carbocycles. The smallest absolute Gasteiger partial charge is 0.298 e. The molecule has 2 aliphatic rings. The fraction of sp³-hybridized carbons (Fsp3) is 0.833. The largest absolute Gasteiger partial charge is 0.512 e. The fourth-order valence-corrected chi connectivity index (χ4v) is 6.11. The first kappa shape index (κ1) is 20.1. The summed E-state index contributed by atoms with van der Waals surface area (Å²) in [6.07, 6.45) is 0.627. The van der Waals surface area contributed by atoms with E-state index in [1.165, 1.54) is 0 Å². The number of alkyl halides is 3. The van der Waals surface area contributed by atoms with Crippen molar-refractivity contribution in [2.45, 2.75) is 38.6 Å². The maximum absolute atomic E-state index is 12.7. The SMILES string of the molecule is CN(C(=O)C12CCC(CC1=O)C2(C)C)S(=O)(=O)NS(=O)(=O)C(F)(F)F. The maximum Gasteiger partial charge on any atom is 0.512 e. The number of sulfonamides is 1. The number of hydrogen-bond donors (Lipinski definition) is 1. The Hall–Kier alpha value is -1.21. The van der Waals surface area contributed by atoms with Crippen molar-refractivity contribution in [3.63, 3.8) is 0 Å². The van der Waals surface area contributed by atoms with Crippen molar-refractivity contribution in [2.24, 2.45) is 16.7 Å². The zero-order valence-corrected chi connectivity index (χ0v) is 15.2.